The first-order valence-corrected chi connectivity index (χ1v) is 10.2. The van der Waals surface area contributed by atoms with Gasteiger partial charge in [-0.25, -0.2) is 0 Å². The van der Waals surface area contributed by atoms with Gasteiger partial charge in [0.25, 0.3) is 0 Å². The molecule has 1 heterocycles. The minimum absolute atomic E-state index is 0.0404. The van der Waals surface area contributed by atoms with Crippen molar-refractivity contribution in [3.63, 3.8) is 0 Å². The smallest absolute Gasteiger partial charge is 0.370 e. The molecular weight excluding hydrogens is 417 g/mol. The molecular formula is C25H23F3N2O2. The Balaban J connectivity index is 1.51. The second kappa shape index (κ2) is 8.67. The zero-order valence-corrected chi connectivity index (χ0v) is 17.8. The highest BCUT2D eigenvalue weighted by molar-refractivity contribution is 5.97. The molecule has 3 aromatic carbocycles. The normalized spacial score (nSPS) is 16.1. The van der Waals surface area contributed by atoms with Crippen LogP contribution in [0.15, 0.2) is 72.8 Å². The van der Waals surface area contributed by atoms with Gasteiger partial charge in [0.15, 0.2) is 6.23 Å². The molecule has 0 saturated carbocycles. The van der Waals surface area contributed by atoms with Gasteiger partial charge in [-0.1, -0.05) is 36.4 Å². The quantitative estimate of drug-likeness (QED) is 0.520. The van der Waals surface area contributed by atoms with Crippen LogP contribution >= 0.6 is 0 Å². The van der Waals surface area contributed by atoms with Gasteiger partial charge in [0.2, 0.25) is 5.91 Å². The molecule has 0 spiro atoms. The van der Waals surface area contributed by atoms with Crippen LogP contribution in [0.2, 0.25) is 0 Å². The van der Waals surface area contributed by atoms with Crippen molar-refractivity contribution >= 4 is 17.3 Å². The number of halogens is 3. The summed E-state index contributed by atoms with van der Waals surface area (Å²) < 4.78 is 43.9. The average Bonchev–Trinajstić information content (AvgIpc) is 2.78. The lowest BCUT2D eigenvalue weighted by molar-refractivity contribution is -0.137. The highest BCUT2D eigenvalue weighted by Gasteiger charge is 2.33. The molecule has 1 aliphatic rings. The summed E-state index contributed by atoms with van der Waals surface area (Å²) in [5.41, 5.74) is 3.66. The summed E-state index contributed by atoms with van der Waals surface area (Å²) in [6, 6.07) is 20.4. The van der Waals surface area contributed by atoms with Gasteiger partial charge >= 0.3 is 6.18 Å². The Kier molecular flexibility index (Phi) is 5.93. The van der Waals surface area contributed by atoms with Crippen LogP contribution in [0.4, 0.5) is 24.5 Å². The predicted octanol–water partition coefficient (Wildman–Crippen LogP) is 5.58. The molecule has 32 heavy (non-hydrogen) atoms. The fourth-order valence-corrected chi connectivity index (χ4v) is 4.00. The third-order valence-electron chi connectivity index (χ3n) is 5.66. The highest BCUT2D eigenvalue weighted by Crippen LogP contribution is 2.35. The number of carbonyl (C=O) groups excluding carboxylic acids is 1. The number of alkyl halides is 3. The first kappa shape index (κ1) is 21.9. The van der Waals surface area contributed by atoms with Crippen LogP contribution in [0, 0.1) is 0 Å². The molecule has 0 saturated heterocycles. The van der Waals surface area contributed by atoms with E-state index in [4.69, 9.17) is 4.74 Å². The maximum Gasteiger partial charge on any atom is 0.416 e. The lowest BCUT2D eigenvalue weighted by atomic mass is 9.97. The molecule has 0 N–H and O–H groups in total. The van der Waals surface area contributed by atoms with Crippen LogP contribution in [0.5, 0.6) is 0 Å². The fourth-order valence-electron chi connectivity index (χ4n) is 4.00. The molecule has 7 heteroatoms. The lowest BCUT2D eigenvalue weighted by Crippen LogP contribution is -2.41. The second-order valence-electron chi connectivity index (χ2n) is 7.79. The third kappa shape index (κ3) is 4.34. The number of ether oxygens (including phenoxy) is 1. The van der Waals surface area contributed by atoms with Gasteiger partial charge in [-0.2, -0.15) is 13.2 Å². The number of anilines is 2. The SMILES string of the molecule is COC1c2ccccc2CC(=O)N1c1ccc(N(C)Cc2ccc(C(F)(F)F)cc2)cc1. The van der Waals surface area contributed by atoms with E-state index in [0.29, 0.717) is 13.0 Å². The van der Waals surface area contributed by atoms with Gasteiger partial charge in [0.1, 0.15) is 0 Å². The van der Waals surface area contributed by atoms with Crippen molar-refractivity contribution in [2.24, 2.45) is 0 Å². The molecule has 3 aromatic rings. The molecule has 1 unspecified atom stereocenters. The minimum Gasteiger partial charge on any atom is -0.370 e. The van der Waals surface area contributed by atoms with Crippen molar-refractivity contribution in [1.29, 1.82) is 0 Å². The van der Waals surface area contributed by atoms with Gasteiger partial charge < -0.3 is 9.64 Å². The van der Waals surface area contributed by atoms with Crippen molar-refractivity contribution in [3.8, 4) is 0 Å². The predicted molar refractivity (Wildman–Crippen MR) is 117 cm³/mol. The van der Waals surface area contributed by atoms with Crippen LogP contribution < -0.4 is 9.80 Å². The Bertz CT molecular complexity index is 1100. The Morgan fingerprint density at radius 1 is 1.00 bits per heavy atom. The van der Waals surface area contributed by atoms with Crippen LogP contribution in [0.1, 0.15) is 28.5 Å². The summed E-state index contributed by atoms with van der Waals surface area (Å²) in [5, 5.41) is 0. The molecule has 4 rings (SSSR count). The number of nitrogens with zero attached hydrogens (tertiary/aromatic N) is 2. The molecule has 0 aliphatic carbocycles. The van der Waals surface area contributed by atoms with Gasteiger partial charge in [-0.15, -0.1) is 0 Å². The fraction of sp³-hybridized carbons (Fsp3) is 0.240. The Morgan fingerprint density at radius 2 is 1.66 bits per heavy atom. The van der Waals surface area contributed by atoms with Crippen molar-refractivity contribution in [2.75, 3.05) is 24.0 Å². The topological polar surface area (TPSA) is 32.8 Å². The number of carbonyl (C=O) groups is 1. The van der Waals surface area contributed by atoms with E-state index < -0.39 is 18.0 Å². The van der Waals surface area contributed by atoms with Gasteiger partial charge in [0.05, 0.1) is 12.0 Å². The molecule has 1 aliphatic heterocycles. The van der Waals surface area contributed by atoms with E-state index >= 15 is 0 Å². The Morgan fingerprint density at radius 3 is 2.28 bits per heavy atom. The lowest BCUT2D eigenvalue weighted by Gasteiger charge is -2.36. The van der Waals surface area contributed by atoms with Crippen LogP contribution in [0.25, 0.3) is 0 Å². The highest BCUT2D eigenvalue weighted by atomic mass is 19.4. The summed E-state index contributed by atoms with van der Waals surface area (Å²) in [7, 11) is 3.45. The monoisotopic (exact) mass is 440 g/mol. The Labute approximate surface area is 184 Å². The molecule has 0 radical (unpaired) electrons. The van der Waals surface area contributed by atoms with E-state index in [9.17, 15) is 18.0 Å². The number of rotatable bonds is 5. The van der Waals surface area contributed by atoms with Crippen molar-refractivity contribution in [2.45, 2.75) is 25.4 Å². The zero-order chi connectivity index (χ0) is 22.9. The number of fused-ring (bicyclic) bond motifs is 1. The maximum absolute atomic E-state index is 12.8. The average molecular weight is 440 g/mol. The summed E-state index contributed by atoms with van der Waals surface area (Å²) >= 11 is 0. The Hall–Kier alpha value is -3.32. The number of amides is 1. The molecule has 166 valence electrons. The minimum atomic E-state index is -4.34. The van der Waals surface area contributed by atoms with Crippen molar-refractivity contribution < 1.29 is 22.7 Å². The van der Waals surface area contributed by atoms with E-state index in [2.05, 4.69) is 0 Å². The number of hydrogen-bond donors (Lipinski definition) is 0. The van der Waals surface area contributed by atoms with Gasteiger partial charge in [0, 0.05) is 37.6 Å². The third-order valence-corrected chi connectivity index (χ3v) is 5.66. The molecule has 0 bridgehead atoms. The van der Waals surface area contributed by atoms with E-state index in [1.54, 1.807) is 12.0 Å². The number of hydrogen-bond acceptors (Lipinski definition) is 3. The van der Waals surface area contributed by atoms with Crippen molar-refractivity contribution in [1.82, 2.24) is 0 Å². The van der Waals surface area contributed by atoms with Crippen molar-refractivity contribution in [3.05, 3.63) is 95.1 Å². The molecule has 0 aromatic heterocycles. The second-order valence-corrected chi connectivity index (χ2v) is 7.79. The summed E-state index contributed by atoms with van der Waals surface area (Å²) in [5.74, 6) is -0.0404. The van der Waals surface area contributed by atoms with Crippen LogP contribution in [-0.2, 0) is 28.7 Å². The van der Waals surface area contributed by atoms with Crippen LogP contribution in [0.3, 0.4) is 0 Å². The summed E-state index contributed by atoms with van der Waals surface area (Å²) in [6.07, 6.45) is -4.53. The zero-order valence-electron chi connectivity index (χ0n) is 17.8. The first-order valence-electron chi connectivity index (χ1n) is 10.2. The molecule has 1 atom stereocenters. The van der Waals surface area contributed by atoms with Crippen LogP contribution in [-0.4, -0.2) is 20.1 Å². The largest absolute Gasteiger partial charge is 0.416 e. The molecule has 1 amide bonds. The first-order chi connectivity index (χ1) is 15.3. The summed E-state index contributed by atoms with van der Waals surface area (Å²) in [4.78, 5) is 16.4. The van der Waals surface area contributed by atoms with E-state index in [1.165, 1.54) is 12.1 Å². The van der Waals surface area contributed by atoms with E-state index in [-0.39, 0.29) is 5.91 Å². The molecule has 4 nitrogen and oxygen atoms in total. The molecule has 0 fully saturated rings. The van der Waals surface area contributed by atoms with Gasteiger partial charge in [-0.05, 0) is 47.5 Å². The van der Waals surface area contributed by atoms with E-state index in [1.807, 2.05) is 60.5 Å². The standard InChI is InChI=1S/C25H23F3N2O2/c1-29(16-17-7-9-19(10-8-17)25(26,27)28)20-11-13-21(14-12-20)30-23(31)15-18-5-3-4-6-22(18)24(30)32-2/h3-14,24H,15-16H2,1-2H3. The van der Waals surface area contributed by atoms with Gasteiger partial charge in [-0.3, -0.25) is 9.69 Å². The number of methoxy groups -OCH3 is 1. The number of benzene rings is 3. The van der Waals surface area contributed by atoms with E-state index in [0.717, 1.165) is 40.2 Å². The summed E-state index contributed by atoms with van der Waals surface area (Å²) in [6.45, 7) is 0.453. The maximum atomic E-state index is 12.8.